The molecule has 0 aromatic heterocycles. The summed E-state index contributed by atoms with van der Waals surface area (Å²) in [7, 11) is 1.87. The molecule has 3 heteroatoms. The van der Waals surface area contributed by atoms with Crippen molar-refractivity contribution in [2.75, 3.05) is 18.5 Å². The van der Waals surface area contributed by atoms with Crippen LogP contribution in [0.25, 0.3) is 0 Å². The summed E-state index contributed by atoms with van der Waals surface area (Å²) in [4.78, 5) is 14.4. The molecule has 0 bridgehead atoms. The highest BCUT2D eigenvalue weighted by molar-refractivity contribution is 6.00. The van der Waals surface area contributed by atoms with Gasteiger partial charge in [0.05, 0.1) is 5.54 Å². The summed E-state index contributed by atoms with van der Waals surface area (Å²) in [5.74, 6) is 0.186. The van der Waals surface area contributed by atoms with Gasteiger partial charge in [-0.25, -0.2) is 0 Å². The molecule has 0 aliphatic carbocycles. The molecular weight excluding hydrogens is 224 g/mol. The second kappa shape index (κ2) is 5.11. The zero-order valence-corrected chi connectivity index (χ0v) is 11.5. The van der Waals surface area contributed by atoms with Gasteiger partial charge in [0.15, 0.2) is 0 Å². The monoisotopic (exact) mass is 246 g/mol. The maximum absolute atomic E-state index is 12.6. The third kappa shape index (κ3) is 2.27. The molecule has 1 N–H and O–H groups in total. The van der Waals surface area contributed by atoms with Crippen LogP contribution < -0.4 is 10.2 Å². The minimum Gasteiger partial charge on any atom is -0.314 e. The second-order valence-corrected chi connectivity index (χ2v) is 5.17. The SMILES string of the molecule is CCC1(C(=O)N(C)c2ccc(C)cc2)CCCN1. The number of benzene rings is 1. The molecule has 1 amide bonds. The normalized spacial score (nSPS) is 23.1. The summed E-state index contributed by atoms with van der Waals surface area (Å²) < 4.78 is 0. The second-order valence-electron chi connectivity index (χ2n) is 5.17. The predicted molar refractivity (Wildman–Crippen MR) is 74.8 cm³/mol. The summed E-state index contributed by atoms with van der Waals surface area (Å²) in [5, 5.41) is 3.39. The molecule has 0 saturated carbocycles. The van der Waals surface area contributed by atoms with E-state index < -0.39 is 0 Å². The average molecular weight is 246 g/mol. The number of carbonyl (C=O) groups excluding carboxylic acids is 1. The molecular formula is C15H22N2O. The van der Waals surface area contributed by atoms with Crippen LogP contribution in [0.5, 0.6) is 0 Å². The number of nitrogens with zero attached hydrogens (tertiary/aromatic N) is 1. The largest absolute Gasteiger partial charge is 0.314 e. The van der Waals surface area contributed by atoms with Crippen LogP contribution in [0.4, 0.5) is 5.69 Å². The van der Waals surface area contributed by atoms with Gasteiger partial charge in [-0.1, -0.05) is 24.6 Å². The minimum absolute atomic E-state index is 0.186. The quantitative estimate of drug-likeness (QED) is 0.888. The van der Waals surface area contributed by atoms with Crippen molar-refractivity contribution in [2.45, 2.75) is 38.6 Å². The Morgan fingerprint density at radius 3 is 2.56 bits per heavy atom. The van der Waals surface area contributed by atoms with Crippen LogP contribution in [0.2, 0.25) is 0 Å². The minimum atomic E-state index is -0.348. The van der Waals surface area contributed by atoms with Crippen LogP contribution >= 0.6 is 0 Å². The van der Waals surface area contributed by atoms with E-state index in [2.05, 4.69) is 19.2 Å². The topological polar surface area (TPSA) is 32.3 Å². The molecule has 1 atom stereocenters. The lowest BCUT2D eigenvalue weighted by Crippen LogP contribution is -2.53. The van der Waals surface area contributed by atoms with Crippen molar-refractivity contribution in [3.8, 4) is 0 Å². The molecule has 1 saturated heterocycles. The van der Waals surface area contributed by atoms with Gasteiger partial charge in [0.2, 0.25) is 5.91 Å². The molecule has 18 heavy (non-hydrogen) atoms. The maximum atomic E-state index is 12.6. The number of hydrogen-bond acceptors (Lipinski definition) is 2. The van der Waals surface area contributed by atoms with Gasteiger partial charge < -0.3 is 10.2 Å². The number of aryl methyl sites for hydroxylation is 1. The van der Waals surface area contributed by atoms with Crippen LogP contribution in [-0.2, 0) is 4.79 Å². The lowest BCUT2D eigenvalue weighted by Gasteiger charge is -2.31. The standard InChI is InChI=1S/C15H22N2O/c1-4-15(10-5-11-16-15)14(18)17(3)13-8-6-12(2)7-9-13/h6-9,16H,4-5,10-11H2,1-3H3. The first-order valence-electron chi connectivity index (χ1n) is 6.69. The van der Waals surface area contributed by atoms with Crippen molar-refractivity contribution < 1.29 is 4.79 Å². The van der Waals surface area contributed by atoms with Crippen molar-refractivity contribution in [1.29, 1.82) is 0 Å². The Balaban J connectivity index is 2.20. The van der Waals surface area contributed by atoms with E-state index in [4.69, 9.17) is 0 Å². The van der Waals surface area contributed by atoms with Gasteiger partial charge in [0.1, 0.15) is 0 Å². The first kappa shape index (κ1) is 13.1. The van der Waals surface area contributed by atoms with Crippen molar-refractivity contribution in [1.82, 2.24) is 5.32 Å². The van der Waals surface area contributed by atoms with E-state index in [1.807, 2.05) is 31.3 Å². The number of amides is 1. The lowest BCUT2D eigenvalue weighted by atomic mass is 9.92. The molecule has 2 rings (SSSR count). The third-order valence-electron chi connectivity index (χ3n) is 3.98. The number of likely N-dealkylation sites (N-methyl/N-ethyl adjacent to an activating group) is 1. The molecule has 1 heterocycles. The van der Waals surface area contributed by atoms with E-state index in [0.717, 1.165) is 31.5 Å². The predicted octanol–water partition coefficient (Wildman–Crippen LogP) is 2.49. The molecule has 98 valence electrons. The van der Waals surface area contributed by atoms with Crippen LogP contribution in [0.3, 0.4) is 0 Å². The lowest BCUT2D eigenvalue weighted by molar-refractivity contribution is -0.124. The summed E-state index contributed by atoms with van der Waals surface area (Å²) in [6.07, 6.45) is 2.88. The fourth-order valence-electron chi connectivity index (χ4n) is 2.65. The molecule has 3 nitrogen and oxygen atoms in total. The summed E-state index contributed by atoms with van der Waals surface area (Å²) in [5.41, 5.74) is 1.83. The van der Waals surface area contributed by atoms with Gasteiger partial charge in [-0.15, -0.1) is 0 Å². The summed E-state index contributed by atoms with van der Waals surface area (Å²) >= 11 is 0. The molecule has 0 spiro atoms. The van der Waals surface area contributed by atoms with E-state index in [1.165, 1.54) is 5.56 Å². The molecule has 0 radical (unpaired) electrons. The third-order valence-corrected chi connectivity index (χ3v) is 3.98. The van der Waals surface area contributed by atoms with Gasteiger partial charge in [-0.3, -0.25) is 4.79 Å². The van der Waals surface area contributed by atoms with E-state index >= 15 is 0 Å². The van der Waals surface area contributed by atoms with Gasteiger partial charge in [0, 0.05) is 12.7 Å². The van der Waals surface area contributed by atoms with Crippen LogP contribution in [0.1, 0.15) is 31.7 Å². The van der Waals surface area contributed by atoms with Gasteiger partial charge >= 0.3 is 0 Å². The number of anilines is 1. The Bertz CT molecular complexity index is 419. The Hall–Kier alpha value is -1.35. The Kier molecular flexibility index (Phi) is 3.71. The first-order chi connectivity index (χ1) is 8.59. The van der Waals surface area contributed by atoms with Crippen LogP contribution in [0.15, 0.2) is 24.3 Å². The fourth-order valence-corrected chi connectivity index (χ4v) is 2.65. The highest BCUT2D eigenvalue weighted by atomic mass is 16.2. The van der Waals surface area contributed by atoms with Crippen molar-refractivity contribution in [3.63, 3.8) is 0 Å². The van der Waals surface area contributed by atoms with Crippen LogP contribution in [-0.4, -0.2) is 25.0 Å². The van der Waals surface area contributed by atoms with Gasteiger partial charge in [-0.05, 0) is 44.9 Å². The Morgan fingerprint density at radius 1 is 1.39 bits per heavy atom. The molecule has 1 fully saturated rings. The van der Waals surface area contributed by atoms with Crippen LogP contribution in [0, 0.1) is 6.92 Å². The highest BCUT2D eigenvalue weighted by Crippen LogP contribution is 2.27. The molecule has 1 aliphatic rings. The molecule has 1 unspecified atom stereocenters. The average Bonchev–Trinajstić information content (AvgIpc) is 2.88. The van der Waals surface area contributed by atoms with E-state index in [-0.39, 0.29) is 11.4 Å². The zero-order valence-electron chi connectivity index (χ0n) is 11.5. The maximum Gasteiger partial charge on any atom is 0.247 e. The van der Waals surface area contributed by atoms with E-state index in [0.29, 0.717) is 0 Å². The molecule has 1 aliphatic heterocycles. The van der Waals surface area contributed by atoms with Gasteiger partial charge in [0.25, 0.3) is 0 Å². The van der Waals surface area contributed by atoms with E-state index in [9.17, 15) is 4.79 Å². The highest BCUT2D eigenvalue weighted by Gasteiger charge is 2.41. The molecule has 1 aromatic rings. The number of rotatable bonds is 3. The molecule has 1 aromatic carbocycles. The number of hydrogen-bond donors (Lipinski definition) is 1. The number of carbonyl (C=O) groups is 1. The van der Waals surface area contributed by atoms with Gasteiger partial charge in [-0.2, -0.15) is 0 Å². The number of nitrogens with one attached hydrogen (secondary N) is 1. The first-order valence-corrected chi connectivity index (χ1v) is 6.69. The van der Waals surface area contributed by atoms with Crippen molar-refractivity contribution in [2.24, 2.45) is 0 Å². The Morgan fingerprint density at radius 2 is 2.06 bits per heavy atom. The summed E-state index contributed by atoms with van der Waals surface area (Å²) in [6, 6.07) is 8.09. The summed E-state index contributed by atoms with van der Waals surface area (Å²) in [6.45, 7) is 5.08. The van der Waals surface area contributed by atoms with E-state index in [1.54, 1.807) is 4.90 Å². The zero-order chi connectivity index (χ0) is 13.2. The van der Waals surface area contributed by atoms with Crippen molar-refractivity contribution >= 4 is 11.6 Å². The fraction of sp³-hybridized carbons (Fsp3) is 0.533. The van der Waals surface area contributed by atoms with Crippen molar-refractivity contribution in [3.05, 3.63) is 29.8 Å². The Labute approximate surface area is 109 Å². The smallest absolute Gasteiger partial charge is 0.247 e.